The molecule has 1 N–H and O–H groups in total. The molecule has 2 aromatic heterocycles. The topological polar surface area (TPSA) is 59.8 Å². The zero-order valence-electron chi connectivity index (χ0n) is 15.6. The van der Waals surface area contributed by atoms with E-state index in [9.17, 15) is 4.79 Å². The lowest BCUT2D eigenvalue weighted by Crippen LogP contribution is -2.33. The Hall–Kier alpha value is -2.95. The molecule has 3 rings (SSSR count). The molecule has 5 nitrogen and oxygen atoms in total. The van der Waals surface area contributed by atoms with Crippen molar-refractivity contribution in [2.75, 3.05) is 0 Å². The molecule has 3 aromatic rings. The number of nitrogens with one attached hydrogen (secondary N) is 1. The number of hydrogen-bond acceptors (Lipinski definition) is 3. The Morgan fingerprint density at radius 1 is 1.08 bits per heavy atom. The molecule has 0 saturated heterocycles. The Morgan fingerprint density at radius 2 is 1.81 bits per heavy atom. The molecule has 26 heavy (non-hydrogen) atoms. The highest BCUT2D eigenvalue weighted by atomic mass is 16.2. The van der Waals surface area contributed by atoms with Crippen LogP contribution in [-0.4, -0.2) is 20.7 Å². The van der Waals surface area contributed by atoms with Gasteiger partial charge in [-0.05, 0) is 56.5 Å². The van der Waals surface area contributed by atoms with E-state index in [0.717, 1.165) is 28.1 Å². The van der Waals surface area contributed by atoms with E-state index in [1.807, 2.05) is 64.2 Å². The molecule has 0 fully saturated rings. The van der Waals surface area contributed by atoms with Gasteiger partial charge in [-0.3, -0.25) is 14.5 Å². The van der Waals surface area contributed by atoms with Gasteiger partial charge < -0.3 is 5.32 Å². The summed E-state index contributed by atoms with van der Waals surface area (Å²) in [5.74, 6) is -0.0416. The van der Waals surface area contributed by atoms with Crippen LogP contribution in [0.25, 0.3) is 11.1 Å². The van der Waals surface area contributed by atoms with E-state index in [-0.39, 0.29) is 18.0 Å². The van der Waals surface area contributed by atoms with Crippen molar-refractivity contribution in [1.82, 2.24) is 20.1 Å². The number of aryl methyl sites for hydroxylation is 2. The van der Waals surface area contributed by atoms with E-state index in [2.05, 4.69) is 27.5 Å². The van der Waals surface area contributed by atoms with Crippen molar-refractivity contribution in [1.29, 1.82) is 0 Å². The van der Waals surface area contributed by atoms with Crippen molar-refractivity contribution >= 4 is 5.91 Å². The number of benzene rings is 1. The standard InChI is InChI=1S/C21H24N4O/c1-14-12-15(2)25(24-14)17(4)21(26)23-16(3)18-7-9-19(10-8-18)20-6-5-11-22-13-20/h5-13,16-17H,1-4H3,(H,23,26)/t16-,17-/m1/s1. The molecule has 0 aliphatic rings. The lowest BCUT2D eigenvalue weighted by molar-refractivity contribution is -0.124. The molecule has 0 radical (unpaired) electrons. The lowest BCUT2D eigenvalue weighted by atomic mass is 10.0. The van der Waals surface area contributed by atoms with Gasteiger partial charge in [-0.25, -0.2) is 0 Å². The smallest absolute Gasteiger partial charge is 0.245 e. The third-order valence-electron chi connectivity index (χ3n) is 4.56. The van der Waals surface area contributed by atoms with E-state index >= 15 is 0 Å². The van der Waals surface area contributed by atoms with E-state index in [0.29, 0.717) is 0 Å². The summed E-state index contributed by atoms with van der Waals surface area (Å²) in [6, 6.07) is 13.7. The highest BCUT2D eigenvalue weighted by Crippen LogP contribution is 2.21. The lowest BCUT2D eigenvalue weighted by Gasteiger charge is -2.19. The van der Waals surface area contributed by atoms with Crippen LogP contribution in [0.5, 0.6) is 0 Å². The maximum absolute atomic E-state index is 12.6. The fourth-order valence-corrected chi connectivity index (χ4v) is 3.06. The molecule has 0 spiro atoms. The number of pyridine rings is 1. The van der Waals surface area contributed by atoms with E-state index in [1.54, 1.807) is 10.9 Å². The van der Waals surface area contributed by atoms with Gasteiger partial charge in [0.2, 0.25) is 5.91 Å². The number of aromatic nitrogens is 3. The molecular formula is C21H24N4O. The van der Waals surface area contributed by atoms with Crippen LogP contribution in [0.15, 0.2) is 54.9 Å². The molecule has 0 aliphatic carbocycles. The quantitative estimate of drug-likeness (QED) is 0.758. The first kappa shape index (κ1) is 17.9. The van der Waals surface area contributed by atoms with Crippen LogP contribution in [0.3, 0.4) is 0 Å². The van der Waals surface area contributed by atoms with Crippen molar-refractivity contribution < 1.29 is 4.79 Å². The monoisotopic (exact) mass is 348 g/mol. The SMILES string of the molecule is Cc1cc(C)n([C@H](C)C(=O)N[C@H](C)c2ccc(-c3cccnc3)cc2)n1. The molecule has 0 saturated carbocycles. The maximum atomic E-state index is 12.6. The number of rotatable bonds is 5. The van der Waals surface area contributed by atoms with E-state index in [1.165, 1.54) is 0 Å². The van der Waals surface area contributed by atoms with Crippen molar-refractivity contribution in [3.63, 3.8) is 0 Å². The first-order valence-corrected chi connectivity index (χ1v) is 8.79. The van der Waals surface area contributed by atoms with Crippen LogP contribution in [0, 0.1) is 13.8 Å². The second-order valence-electron chi connectivity index (χ2n) is 6.64. The number of carbonyl (C=O) groups excluding carboxylic acids is 1. The Kier molecular flexibility index (Phi) is 5.16. The first-order chi connectivity index (χ1) is 12.5. The minimum atomic E-state index is -0.346. The Morgan fingerprint density at radius 3 is 2.38 bits per heavy atom. The maximum Gasteiger partial charge on any atom is 0.245 e. The predicted molar refractivity (Wildman–Crippen MR) is 103 cm³/mol. The van der Waals surface area contributed by atoms with E-state index < -0.39 is 0 Å². The third-order valence-corrected chi connectivity index (χ3v) is 4.56. The molecule has 134 valence electrons. The summed E-state index contributed by atoms with van der Waals surface area (Å²) in [6.07, 6.45) is 3.61. The summed E-state index contributed by atoms with van der Waals surface area (Å²) in [6.45, 7) is 7.75. The average molecular weight is 348 g/mol. The molecule has 2 heterocycles. The molecule has 0 bridgehead atoms. The van der Waals surface area contributed by atoms with Crippen molar-refractivity contribution in [3.8, 4) is 11.1 Å². The summed E-state index contributed by atoms with van der Waals surface area (Å²) < 4.78 is 1.77. The molecule has 0 unspecified atom stereocenters. The molecule has 1 aromatic carbocycles. The zero-order valence-corrected chi connectivity index (χ0v) is 15.6. The number of nitrogens with zero attached hydrogens (tertiary/aromatic N) is 3. The van der Waals surface area contributed by atoms with Crippen LogP contribution in [0.4, 0.5) is 0 Å². The predicted octanol–water partition coefficient (Wildman–Crippen LogP) is 4.00. The third kappa shape index (κ3) is 3.82. The van der Waals surface area contributed by atoms with Crippen LogP contribution in [0.1, 0.15) is 42.9 Å². The van der Waals surface area contributed by atoms with Gasteiger partial charge in [-0.1, -0.05) is 30.3 Å². The van der Waals surface area contributed by atoms with Crippen molar-refractivity contribution in [2.45, 2.75) is 39.8 Å². The number of amides is 1. The Labute approximate surface area is 154 Å². The number of hydrogen-bond donors (Lipinski definition) is 1. The summed E-state index contributed by atoms with van der Waals surface area (Å²) in [7, 11) is 0. The summed E-state index contributed by atoms with van der Waals surface area (Å²) in [5, 5.41) is 7.48. The minimum absolute atomic E-state index is 0.0416. The van der Waals surface area contributed by atoms with Crippen LogP contribution in [0.2, 0.25) is 0 Å². The van der Waals surface area contributed by atoms with Crippen LogP contribution < -0.4 is 5.32 Å². The van der Waals surface area contributed by atoms with Gasteiger partial charge in [0.15, 0.2) is 0 Å². The van der Waals surface area contributed by atoms with E-state index in [4.69, 9.17) is 0 Å². The molecule has 2 atom stereocenters. The van der Waals surface area contributed by atoms with Gasteiger partial charge in [-0.2, -0.15) is 5.10 Å². The molecule has 0 aliphatic heterocycles. The fraction of sp³-hybridized carbons (Fsp3) is 0.286. The zero-order chi connectivity index (χ0) is 18.7. The minimum Gasteiger partial charge on any atom is -0.348 e. The highest BCUT2D eigenvalue weighted by molar-refractivity contribution is 5.80. The van der Waals surface area contributed by atoms with Crippen molar-refractivity contribution in [3.05, 3.63) is 71.8 Å². The second kappa shape index (κ2) is 7.52. The summed E-state index contributed by atoms with van der Waals surface area (Å²) in [5.41, 5.74) is 5.15. The van der Waals surface area contributed by atoms with Gasteiger partial charge in [-0.15, -0.1) is 0 Å². The van der Waals surface area contributed by atoms with Crippen molar-refractivity contribution in [2.24, 2.45) is 0 Å². The van der Waals surface area contributed by atoms with Gasteiger partial charge in [0.1, 0.15) is 6.04 Å². The Bertz CT molecular complexity index is 884. The first-order valence-electron chi connectivity index (χ1n) is 8.79. The second-order valence-corrected chi connectivity index (χ2v) is 6.64. The fourth-order valence-electron chi connectivity index (χ4n) is 3.06. The van der Waals surface area contributed by atoms with Gasteiger partial charge >= 0.3 is 0 Å². The Balaban J connectivity index is 1.68. The molecule has 5 heteroatoms. The van der Waals surface area contributed by atoms with Gasteiger partial charge in [0.25, 0.3) is 0 Å². The highest BCUT2D eigenvalue weighted by Gasteiger charge is 2.20. The average Bonchev–Trinajstić information content (AvgIpc) is 3.00. The number of carbonyl (C=O) groups is 1. The van der Waals surface area contributed by atoms with Gasteiger partial charge in [0, 0.05) is 18.1 Å². The summed E-state index contributed by atoms with van der Waals surface area (Å²) in [4.78, 5) is 16.7. The van der Waals surface area contributed by atoms with Crippen LogP contribution in [-0.2, 0) is 4.79 Å². The van der Waals surface area contributed by atoms with Gasteiger partial charge in [0.05, 0.1) is 11.7 Å². The molecule has 1 amide bonds. The normalized spacial score (nSPS) is 13.2. The molecular weight excluding hydrogens is 324 g/mol. The van der Waals surface area contributed by atoms with Crippen LogP contribution >= 0.6 is 0 Å². The largest absolute Gasteiger partial charge is 0.348 e. The summed E-state index contributed by atoms with van der Waals surface area (Å²) >= 11 is 0.